The molecule has 0 spiro atoms. The largest absolute Gasteiger partial charge is 0.569 e. The molecule has 6 heteroatoms. The van der Waals surface area contributed by atoms with Crippen molar-refractivity contribution in [1.29, 1.82) is 0 Å². The monoisotopic (exact) mass is 247 g/mol. The molecule has 1 atom stereocenters. The van der Waals surface area contributed by atoms with Crippen molar-refractivity contribution in [3.05, 3.63) is 5.21 Å². The van der Waals surface area contributed by atoms with Gasteiger partial charge in [0.05, 0.1) is 17.6 Å². The molecular weight excluding hydrogens is 222 g/mol. The number of hydrogen-bond acceptors (Lipinski definition) is 4. The lowest BCUT2D eigenvalue weighted by atomic mass is 10.1. The van der Waals surface area contributed by atoms with E-state index in [4.69, 9.17) is 9.94 Å². The van der Waals surface area contributed by atoms with E-state index in [1.54, 1.807) is 7.05 Å². The molecule has 1 unspecified atom stereocenters. The van der Waals surface area contributed by atoms with Crippen LogP contribution in [0.1, 0.15) is 40.5 Å². The lowest BCUT2D eigenvalue weighted by Crippen LogP contribution is -2.42. The summed E-state index contributed by atoms with van der Waals surface area (Å²) in [6.07, 6.45) is 1.60. The maximum Gasteiger partial charge on any atom is 0.233 e. The maximum absolute atomic E-state index is 11.5. The smallest absolute Gasteiger partial charge is 0.233 e. The maximum atomic E-state index is 11.5. The van der Waals surface area contributed by atoms with Crippen molar-refractivity contribution in [2.75, 3.05) is 20.3 Å². The van der Waals surface area contributed by atoms with Crippen molar-refractivity contribution >= 4 is 0 Å². The molecule has 0 aromatic carbocycles. The van der Waals surface area contributed by atoms with Crippen LogP contribution in [0.2, 0.25) is 0 Å². The Morgan fingerprint density at radius 2 is 2.06 bits per heavy atom. The first-order valence-corrected chi connectivity index (χ1v) is 5.93. The van der Waals surface area contributed by atoms with Gasteiger partial charge in [0.25, 0.3) is 0 Å². The van der Waals surface area contributed by atoms with Gasteiger partial charge in [0.2, 0.25) is 5.28 Å². The molecule has 0 aromatic heterocycles. The van der Waals surface area contributed by atoms with E-state index in [0.717, 1.165) is 12.8 Å². The van der Waals surface area contributed by atoms with Gasteiger partial charge in [0.1, 0.15) is 6.61 Å². The van der Waals surface area contributed by atoms with Crippen molar-refractivity contribution < 1.29 is 14.9 Å². The second kappa shape index (κ2) is 7.32. The summed E-state index contributed by atoms with van der Waals surface area (Å²) in [4.78, 5) is 5.44. The molecule has 102 valence electrons. The predicted molar refractivity (Wildman–Crippen MR) is 65.0 cm³/mol. The molecule has 0 radical (unpaired) electrons. The van der Waals surface area contributed by atoms with E-state index in [0.29, 0.717) is 11.6 Å². The van der Waals surface area contributed by atoms with Crippen LogP contribution in [-0.2, 0) is 4.84 Å². The number of hydrogen-bond donors (Lipinski definition) is 1. The van der Waals surface area contributed by atoms with E-state index < -0.39 is 0 Å². The Hall–Kier alpha value is -1.04. The Bertz CT molecular complexity index is 239. The molecule has 0 amide bonds. The van der Waals surface area contributed by atoms with Gasteiger partial charge in [-0.1, -0.05) is 6.92 Å². The minimum Gasteiger partial charge on any atom is -0.569 e. The molecule has 0 fully saturated rings. The van der Waals surface area contributed by atoms with Gasteiger partial charge in [-0.2, -0.15) is 0 Å². The van der Waals surface area contributed by atoms with Crippen LogP contribution in [0, 0.1) is 11.1 Å². The molecule has 0 saturated carbocycles. The molecule has 1 N–H and O–H groups in total. The zero-order valence-corrected chi connectivity index (χ0v) is 11.5. The number of hydrazine groups is 1. The highest BCUT2D eigenvalue weighted by atomic mass is 16.7. The fourth-order valence-electron chi connectivity index (χ4n) is 1.04. The Labute approximate surface area is 103 Å². The molecule has 0 rings (SSSR count). The standard InChI is InChI=1S/C11H25N3O3/c1-10(7-6-8-15)9-17-12-14(16)13(5)11(2,3)4/h10,15H,6-9H2,1-5H3/b14-12-. The van der Waals surface area contributed by atoms with Gasteiger partial charge >= 0.3 is 0 Å². The first kappa shape index (κ1) is 16.0. The SMILES string of the molecule is CC(CCCO)CO/N=[N+](\[O-])N(C)C(C)(C)C. The van der Waals surface area contributed by atoms with Gasteiger partial charge in [-0.3, -0.25) is 0 Å². The van der Waals surface area contributed by atoms with Crippen LogP contribution >= 0.6 is 0 Å². The summed E-state index contributed by atoms with van der Waals surface area (Å²) in [5, 5.41) is 25.1. The third kappa shape index (κ3) is 6.99. The van der Waals surface area contributed by atoms with Crippen LogP contribution in [0.25, 0.3) is 0 Å². The summed E-state index contributed by atoms with van der Waals surface area (Å²) in [6.45, 7) is 8.30. The molecule has 0 bridgehead atoms. The summed E-state index contributed by atoms with van der Waals surface area (Å²) in [5.74, 6) is 0.277. The highest BCUT2D eigenvalue weighted by Crippen LogP contribution is 2.11. The summed E-state index contributed by atoms with van der Waals surface area (Å²) in [7, 11) is 1.66. The Morgan fingerprint density at radius 3 is 2.53 bits per heavy atom. The van der Waals surface area contributed by atoms with Gasteiger partial charge in [-0.25, -0.2) is 0 Å². The van der Waals surface area contributed by atoms with Crippen LogP contribution in [-0.4, -0.2) is 40.9 Å². The summed E-state index contributed by atoms with van der Waals surface area (Å²) < 4.78 is 0. The number of nitrogens with zero attached hydrogens (tertiary/aromatic N) is 3. The van der Waals surface area contributed by atoms with Crippen molar-refractivity contribution in [3.8, 4) is 0 Å². The zero-order chi connectivity index (χ0) is 13.5. The van der Waals surface area contributed by atoms with Crippen LogP contribution in [0.15, 0.2) is 5.28 Å². The fraction of sp³-hybridized carbons (Fsp3) is 1.00. The summed E-state index contributed by atoms with van der Waals surface area (Å²) >= 11 is 0. The second-order valence-corrected chi connectivity index (χ2v) is 5.30. The predicted octanol–water partition coefficient (Wildman–Crippen LogP) is 1.93. The molecule has 0 aromatic rings. The summed E-state index contributed by atoms with van der Waals surface area (Å²) in [5.41, 5.74) is -0.295. The Kier molecular flexibility index (Phi) is 6.87. The third-order valence-corrected chi connectivity index (χ3v) is 2.57. The van der Waals surface area contributed by atoms with Crippen molar-refractivity contribution in [1.82, 2.24) is 5.01 Å². The molecule has 0 aliphatic carbocycles. The van der Waals surface area contributed by atoms with Crippen molar-refractivity contribution in [3.63, 3.8) is 0 Å². The minimum atomic E-state index is -0.295. The third-order valence-electron chi connectivity index (χ3n) is 2.57. The van der Waals surface area contributed by atoms with E-state index >= 15 is 0 Å². The topological polar surface area (TPSA) is 71.1 Å². The Balaban J connectivity index is 3.99. The van der Waals surface area contributed by atoms with Gasteiger partial charge in [-0.05, 0) is 39.5 Å². The normalized spacial score (nSPS) is 14.6. The molecule has 0 aliphatic heterocycles. The molecule has 6 nitrogen and oxygen atoms in total. The van der Waals surface area contributed by atoms with Crippen molar-refractivity contribution in [2.24, 2.45) is 11.2 Å². The van der Waals surface area contributed by atoms with E-state index in [2.05, 4.69) is 5.28 Å². The molecular formula is C11H25N3O3. The average molecular weight is 247 g/mol. The van der Waals surface area contributed by atoms with Crippen LogP contribution in [0.5, 0.6) is 0 Å². The summed E-state index contributed by atoms with van der Waals surface area (Å²) in [6, 6.07) is 0. The van der Waals surface area contributed by atoms with E-state index in [-0.39, 0.29) is 18.1 Å². The van der Waals surface area contributed by atoms with E-state index in [1.165, 1.54) is 5.01 Å². The van der Waals surface area contributed by atoms with Crippen LogP contribution in [0.4, 0.5) is 0 Å². The molecule has 17 heavy (non-hydrogen) atoms. The lowest BCUT2D eigenvalue weighted by molar-refractivity contribution is -0.719. The molecule has 0 aliphatic rings. The minimum absolute atomic E-state index is 0.182. The van der Waals surface area contributed by atoms with Crippen LogP contribution in [0.3, 0.4) is 0 Å². The Morgan fingerprint density at radius 1 is 1.47 bits per heavy atom. The average Bonchev–Trinajstić information content (AvgIpc) is 2.23. The number of rotatable bonds is 7. The van der Waals surface area contributed by atoms with E-state index in [9.17, 15) is 5.21 Å². The van der Waals surface area contributed by atoms with Crippen molar-refractivity contribution in [2.45, 2.75) is 46.1 Å². The second-order valence-electron chi connectivity index (χ2n) is 5.30. The molecule has 0 heterocycles. The zero-order valence-electron chi connectivity index (χ0n) is 11.5. The van der Waals surface area contributed by atoms with Gasteiger partial charge in [0, 0.05) is 6.61 Å². The highest BCUT2D eigenvalue weighted by Gasteiger charge is 2.24. The van der Waals surface area contributed by atoms with Gasteiger partial charge in [0.15, 0.2) is 0 Å². The molecule has 0 saturated heterocycles. The lowest BCUT2D eigenvalue weighted by Gasteiger charge is -2.26. The highest BCUT2D eigenvalue weighted by molar-refractivity contribution is 4.64. The van der Waals surface area contributed by atoms with Gasteiger partial charge in [-0.15, -0.1) is 5.01 Å². The first-order valence-electron chi connectivity index (χ1n) is 5.93. The quantitative estimate of drug-likeness (QED) is 0.424. The fourth-order valence-corrected chi connectivity index (χ4v) is 1.04. The van der Waals surface area contributed by atoms with Crippen LogP contribution < -0.4 is 0 Å². The number of aliphatic hydroxyl groups excluding tert-OH is 1. The number of aliphatic hydroxyl groups is 1. The van der Waals surface area contributed by atoms with E-state index in [1.807, 2.05) is 27.7 Å². The van der Waals surface area contributed by atoms with Gasteiger partial charge < -0.3 is 15.2 Å². The first-order chi connectivity index (χ1) is 7.79.